The molecule has 2 saturated heterocycles. The molecule has 2 fully saturated rings. The lowest BCUT2D eigenvalue weighted by Gasteiger charge is -2.51. The molecule has 0 bridgehead atoms. The Morgan fingerprint density at radius 1 is 0.278 bits per heavy atom. The van der Waals surface area contributed by atoms with Crippen molar-refractivity contribution in [2.75, 3.05) is 26.4 Å². The predicted molar refractivity (Wildman–Crippen MR) is 319 cm³/mol. The first kappa shape index (κ1) is 49.0. The predicted octanol–water partition coefficient (Wildman–Crippen LogP) is 16.7. The highest BCUT2D eigenvalue weighted by Crippen LogP contribution is 2.49. The molecule has 0 radical (unpaired) electrons. The second-order valence-corrected chi connectivity index (χ2v) is 22.9. The Morgan fingerprint density at radius 3 is 0.810 bits per heavy atom. The first-order chi connectivity index (χ1) is 38.6. The third-order valence-electron chi connectivity index (χ3n) is 17.5. The Bertz CT molecular complexity index is 3780. The van der Waals surface area contributed by atoms with Gasteiger partial charge in [-0.15, -0.1) is 0 Å². The highest BCUT2D eigenvalue weighted by atomic mass is 16.7. The van der Waals surface area contributed by atoms with E-state index < -0.39 is 17.0 Å². The minimum absolute atomic E-state index is 0.281. The van der Waals surface area contributed by atoms with E-state index in [0.717, 1.165) is 33.6 Å². The fraction of sp³-hybridized carbons (Fsp3) is 0.178. The largest absolute Gasteiger partial charge is 0.341 e. The van der Waals surface area contributed by atoms with E-state index in [2.05, 4.69) is 255 Å². The molecule has 14 rings (SSSR count). The third kappa shape index (κ3) is 7.99. The fourth-order valence-electron chi connectivity index (χ4n) is 12.7. The standard InChI is InChI=1S/C73H62N2O4/c1-69(2,53-39-43-59(44-40-53)74-65-27-15-11-23-61(65)62-24-12-16-28-66(62)74)51-31-35-57(36-32-51)72(55-19-7-5-8-20-55)76-47-71(48-77-72)49-78-73(79-50-71,56-21-9-6-10-22-56)58-37-33-52(34-38-58)70(3,4)54-41-45-60(46-42-54)75-67-29-17-13-25-63(67)64-26-14-18-30-68(64)75/h5-46H,47-50H2,1-4H3. The molecule has 4 heterocycles. The molecule has 0 aliphatic carbocycles. The summed E-state index contributed by atoms with van der Waals surface area (Å²) >= 11 is 0. The lowest BCUT2D eigenvalue weighted by molar-refractivity contribution is -0.357. The quantitative estimate of drug-likeness (QED) is 0.137. The number of para-hydroxylation sites is 4. The highest BCUT2D eigenvalue weighted by Gasteiger charge is 2.53. The Balaban J connectivity index is 0.702. The van der Waals surface area contributed by atoms with Gasteiger partial charge in [0, 0.05) is 66.0 Å². The number of aromatic nitrogens is 2. The smallest absolute Gasteiger partial charge is 0.222 e. The molecule has 2 aliphatic rings. The van der Waals surface area contributed by atoms with Crippen molar-refractivity contribution in [2.24, 2.45) is 5.41 Å². The van der Waals surface area contributed by atoms with Crippen molar-refractivity contribution < 1.29 is 18.9 Å². The van der Waals surface area contributed by atoms with Crippen LogP contribution in [0.1, 0.15) is 72.2 Å². The minimum Gasteiger partial charge on any atom is -0.341 e. The van der Waals surface area contributed by atoms with Crippen LogP contribution in [0.15, 0.2) is 255 Å². The molecule has 2 aromatic heterocycles. The summed E-state index contributed by atoms with van der Waals surface area (Å²) in [6, 6.07) is 91.0. The molecular formula is C73H62N2O4. The first-order valence-electron chi connectivity index (χ1n) is 27.6. The van der Waals surface area contributed by atoms with Gasteiger partial charge in [-0.25, -0.2) is 0 Å². The molecule has 1 spiro atoms. The monoisotopic (exact) mass is 1030 g/mol. The van der Waals surface area contributed by atoms with Gasteiger partial charge in [-0.3, -0.25) is 0 Å². The Hall–Kier alpha value is -8.36. The number of ether oxygens (including phenoxy) is 4. The summed E-state index contributed by atoms with van der Waals surface area (Å²) < 4.78 is 33.2. The molecule has 388 valence electrons. The molecule has 0 atom stereocenters. The van der Waals surface area contributed by atoms with E-state index >= 15 is 0 Å². The maximum atomic E-state index is 7.11. The summed E-state index contributed by atoms with van der Waals surface area (Å²) in [4.78, 5) is 0. The average Bonchev–Trinajstić information content (AvgIpc) is 4.10. The van der Waals surface area contributed by atoms with Gasteiger partial charge in [-0.05, 0) is 70.8 Å². The van der Waals surface area contributed by atoms with Crippen LogP contribution >= 0.6 is 0 Å². The molecule has 0 unspecified atom stereocenters. The topological polar surface area (TPSA) is 46.8 Å². The van der Waals surface area contributed by atoms with E-state index in [-0.39, 0.29) is 10.8 Å². The summed E-state index contributed by atoms with van der Waals surface area (Å²) in [5.74, 6) is -2.25. The molecule has 6 heteroatoms. The molecule has 12 aromatic rings. The molecule has 10 aromatic carbocycles. The number of hydrogen-bond acceptors (Lipinski definition) is 4. The number of benzene rings is 10. The number of rotatable bonds is 10. The van der Waals surface area contributed by atoms with Gasteiger partial charge in [-0.1, -0.05) is 234 Å². The number of fused-ring (bicyclic) bond motifs is 6. The zero-order valence-electron chi connectivity index (χ0n) is 45.1. The maximum absolute atomic E-state index is 7.11. The summed E-state index contributed by atoms with van der Waals surface area (Å²) in [5, 5.41) is 5.04. The summed E-state index contributed by atoms with van der Waals surface area (Å²) in [7, 11) is 0. The van der Waals surface area contributed by atoms with Gasteiger partial charge < -0.3 is 28.1 Å². The van der Waals surface area contributed by atoms with E-state index in [1.807, 2.05) is 36.4 Å². The Kier molecular flexibility index (Phi) is 11.7. The van der Waals surface area contributed by atoms with Gasteiger partial charge in [0.05, 0.1) is 53.9 Å². The van der Waals surface area contributed by atoms with E-state index in [4.69, 9.17) is 18.9 Å². The van der Waals surface area contributed by atoms with Gasteiger partial charge in [0.2, 0.25) is 11.6 Å². The number of hydrogen-bond donors (Lipinski definition) is 0. The van der Waals surface area contributed by atoms with Crippen LogP contribution in [-0.4, -0.2) is 35.6 Å². The number of nitrogens with zero attached hydrogens (tertiary/aromatic N) is 2. The van der Waals surface area contributed by atoms with Crippen molar-refractivity contribution in [1.29, 1.82) is 0 Å². The zero-order chi connectivity index (χ0) is 53.4. The average molecular weight is 1030 g/mol. The van der Waals surface area contributed by atoms with Crippen LogP contribution in [0.2, 0.25) is 0 Å². The van der Waals surface area contributed by atoms with Gasteiger partial charge >= 0.3 is 0 Å². The van der Waals surface area contributed by atoms with Crippen LogP contribution < -0.4 is 0 Å². The van der Waals surface area contributed by atoms with E-state index in [1.54, 1.807) is 0 Å². The van der Waals surface area contributed by atoms with Gasteiger partial charge in [0.1, 0.15) is 0 Å². The van der Waals surface area contributed by atoms with Crippen LogP contribution in [0.3, 0.4) is 0 Å². The molecular weight excluding hydrogens is 969 g/mol. The fourth-order valence-corrected chi connectivity index (χ4v) is 12.7. The van der Waals surface area contributed by atoms with Crippen molar-refractivity contribution in [1.82, 2.24) is 9.13 Å². The van der Waals surface area contributed by atoms with Crippen LogP contribution in [0.4, 0.5) is 0 Å². The molecule has 79 heavy (non-hydrogen) atoms. The molecule has 0 amide bonds. The second kappa shape index (κ2) is 18.9. The molecule has 0 N–H and O–H groups in total. The summed E-state index contributed by atoms with van der Waals surface area (Å²) in [6.45, 7) is 10.7. The molecule has 0 saturated carbocycles. The minimum atomic E-state index is -1.12. The van der Waals surface area contributed by atoms with Crippen molar-refractivity contribution in [3.63, 3.8) is 0 Å². The van der Waals surface area contributed by atoms with Crippen molar-refractivity contribution in [2.45, 2.75) is 50.1 Å². The summed E-state index contributed by atoms with van der Waals surface area (Å²) in [5.41, 5.74) is 14.6. The van der Waals surface area contributed by atoms with Crippen molar-refractivity contribution in [3.8, 4) is 11.4 Å². The molecule has 6 nitrogen and oxygen atoms in total. The van der Waals surface area contributed by atoms with Gasteiger partial charge in [0.15, 0.2) is 0 Å². The van der Waals surface area contributed by atoms with Gasteiger partial charge in [-0.2, -0.15) is 0 Å². The van der Waals surface area contributed by atoms with Crippen LogP contribution in [0.5, 0.6) is 0 Å². The van der Waals surface area contributed by atoms with Crippen LogP contribution in [-0.2, 0) is 41.4 Å². The normalized spacial score (nSPS) is 19.9. The van der Waals surface area contributed by atoms with E-state index in [1.165, 1.54) is 65.9 Å². The summed E-state index contributed by atoms with van der Waals surface area (Å²) in [6.07, 6.45) is 0. The lowest BCUT2D eigenvalue weighted by atomic mass is 9.77. The lowest BCUT2D eigenvalue weighted by Crippen LogP contribution is -2.57. The Labute approximate surface area is 462 Å². The van der Waals surface area contributed by atoms with Crippen molar-refractivity contribution in [3.05, 3.63) is 299 Å². The van der Waals surface area contributed by atoms with E-state index in [9.17, 15) is 0 Å². The zero-order valence-corrected chi connectivity index (χ0v) is 45.1. The third-order valence-corrected chi connectivity index (χ3v) is 17.5. The maximum Gasteiger partial charge on any atom is 0.222 e. The van der Waals surface area contributed by atoms with Crippen LogP contribution in [0, 0.1) is 5.41 Å². The molecule has 2 aliphatic heterocycles. The van der Waals surface area contributed by atoms with E-state index in [0.29, 0.717) is 26.4 Å². The van der Waals surface area contributed by atoms with Crippen molar-refractivity contribution >= 4 is 43.6 Å². The second-order valence-electron chi connectivity index (χ2n) is 22.9. The first-order valence-corrected chi connectivity index (χ1v) is 27.6. The van der Waals surface area contributed by atoms with Gasteiger partial charge in [0.25, 0.3) is 0 Å². The highest BCUT2D eigenvalue weighted by molar-refractivity contribution is 6.10. The Morgan fingerprint density at radius 2 is 0.519 bits per heavy atom. The van der Waals surface area contributed by atoms with Crippen LogP contribution in [0.25, 0.3) is 55.0 Å². The SMILES string of the molecule is CC(C)(c1ccc(-n2c3ccccc3c3ccccc32)cc1)c1ccc(C2(c3ccccc3)OCC3(CO2)COC(c2ccccc2)(c2ccc(C(C)(C)c4ccc(-n5c6ccccc6c6ccccc65)cc4)cc2)OC3)cc1.